The van der Waals surface area contributed by atoms with E-state index < -0.39 is 5.97 Å². The number of hydrogen-bond donors (Lipinski definition) is 1. The fraction of sp³-hybridized carbons (Fsp3) is 0.939. The second-order valence-electron chi connectivity index (χ2n) is 12.4. The van der Waals surface area contributed by atoms with Crippen LogP contribution in [0.1, 0.15) is 161 Å². The van der Waals surface area contributed by atoms with Crippen LogP contribution in [-0.2, 0) is 14.3 Å². The molecule has 1 rings (SSSR count). The first-order chi connectivity index (χ1) is 18.4. The van der Waals surface area contributed by atoms with Gasteiger partial charge in [-0.05, 0) is 77.4 Å². The molecule has 0 amide bonds. The molecule has 0 aromatic carbocycles. The molecule has 1 N–H and O–H groups in total. The number of hydrogen-bond acceptors (Lipinski definition) is 4. The van der Waals surface area contributed by atoms with Crippen LogP contribution in [0.5, 0.6) is 0 Å². The van der Waals surface area contributed by atoms with Gasteiger partial charge in [0.25, 0.3) is 0 Å². The van der Waals surface area contributed by atoms with Crippen molar-refractivity contribution < 1.29 is 19.4 Å². The van der Waals surface area contributed by atoms with E-state index in [1.807, 2.05) is 14.1 Å². The van der Waals surface area contributed by atoms with Crippen molar-refractivity contribution in [1.82, 2.24) is 4.90 Å². The topological polar surface area (TPSA) is 66.8 Å². The highest BCUT2D eigenvalue weighted by molar-refractivity contribution is 5.69. The van der Waals surface area contributed by atoms with Crippen LogP contribution in [0.2, 0.25) is 0 Å². The van der Waals surface area contributed by atoms with Gasteiger partial charge in [-0.15, -0.1) is 0 Å². The minimum absolute atomic E-state index is 0.000437. The lowest BCUT2D eigenvalue weighted by Crippen LogP contribution is -2.20. The molecular formula is C33H63NO4. The first-order valence-corrected chi connectivity index (χ1v) is 16.5. The third-order valence-electron chi connectivity index (χ3n) is 8.30. The maximum atomic E-state index is 12.3. The van der Waals surface area contributed by atoms with Crippen molar-refractivity contribution in [3.05, 3.63) is 0 Å². The van der Waals surface area contributed by atoms with Crippen LogP contribution in [0, 0.1) is 11.8 Å². The van der Waals surface area contributed by atoms with Gasteiger partial charge in [-0.3, -0.25) is 9.59 Å². The number of carbonyl (C=O) groups is 2. The van der Waals surface area contributed by atoms with Crippen molar-refractivity contribution in [2.75, 3.05) is 20.6 Å². The molecule has 3 atom stereocenters. The number of carboxylic acid groups (broad SMARTS) is 1. The fourth-order valence-corrected chi connectivity index (χ4v) is 5.74. The summed E-state index contributed by atoms with van der Waals surface area (Å²) in [5, 5.41) is 8.68. The summed E-state index contributed by atoms with van der Waals surface area (Å²) in [4.78, 5) is 25.0. The van der Waals surface area contributed by atoms with E-state index in [4.69, 9.17) is 9.84 Å². The van der Waals surface area contributed by atoms with Crippen molar-refractivity contribution in [1.29, 1.82) is 0 Å². The summed E-state index contributed by atoms with van der Waals surface area (Å²) in [6.45, 7) is 3.19. The van der Waals surface area contributed by atoms with Gasteiger partial charge in [0.15, 0.2) is 0 Å². The van der Waals surface area contributed by atoms with Crippen molar-refractivity contribution in [3.8, 4) is 0 Å². The zero-order chi connectivity index (χ0) is 27.8. The number of carboxylic acids is 1. The molecule has 3 unspecified atom stereocenters. The molecule has 1 fully saturated rings. The van der Waals surface area contributed by atoms with Crippen LogP contribution in [0.4, 0.5) is 0 Å². The second-order valence-corrected chi connectivity index (χ2v) is 12.4. The maximum Gasteiger partial charge on any atom is 0.306 e. The number of rotatable bonds is 28. The highest BCUT2D eigenvalue weighted by atomic mass is 16.5. The molecule has 0 spiro atoms. The Balaban J connectivity index is 2.02. The zero-order valence-corrected chi connectivity index (χ0v) is 25.5. The van der Waals surface area contributed by atoms with Gasteiger partial charge in [-0.2, -0.15) is 0 Å². The molecule has 0 bridgehead atoms. The Hall–Kier alpha value is -1.10. The third kappa shape index (κ3) is 21.8. The molecule has 5 nitrogen and oxygen atoms in total. The van der Waals surface area contributed by atoms with E-state index in [2.05, 4.69) is 11.8 Å². The number of esters is 1. The van der Waals surface area contributed by atoms with Crippen molar-refractivity contribution in [2.24, 2.45) is 11.8 Å². The van der Waals surface area contributed by atoms with E-state index in [1.54, 1.807) is 0 Å². The Kier molecular flexibility index (Phi) is 21.8. The van der Waals surface area contributed by atoms with Crippen LogP contribution in [0.25, 0.3) is 0 Å². The number of nitrogens with zero attached hydrogens (tertiary/aromatic N) is 1. The Morgan fingerprint density at radius 2 is 1.21 bits per heavy atom. The molecule has 0 saturated heterocycles. The molecule has 0 aromatic heterocycles. The average molecular weight is 538 g/mol. The summed E-state index contributed by atoms with van der Waals surface area (Å²) >= 11 is 0. The molecule has 1 aliphatic rings. The lowest BCUT2D eigenvalue weighted by Gasteiger charge is -2.18. The smallest absolute Gasteiger partial charge is 0.306 e. The molecule has 0 aliphatic heterocycles. The summed E-state index contributed by atoms with van der Waals surface area (Å²) in [5.74, 6) is 1.32. The number of ether oxygens (including phenoxy) is 1. The van der Waals surface area contributed by atoms with Gasteiger partial charge in [0.2, 0.25) is 0 Å². The van der Waals surface area contributed by atoms with E-state index in [0.717, 1.165) is 50.5 Å². The lowest BCUT2D eigenvalue weighted by molar-refractivity contribution is -0.150. The summed E-state index contributed by atoms with van der Waals surface area (Å²) < 4.78 is 5.91. The Bertz CT molecular complexity index is 579. The normalized spacial score (nSPS) is 17.6. The standard InChI is InChI=1S/C33H63NO4/c1-4-5-6-10-17-23-31(38-33(37)26-20-27-34(2)3)24-18-13-8-7-11-15-21-29-28-30(29)22-16-12-9-14-19-25-32(35)36/h29-31H,4-28H2,1-3H3,(H,35,36). The fourth-order valence-electron chi connectivity index (χ4n) is 5.74. The minimum atomic E-state index is -0.660. The molecular weight excluding hydrogens is 474 g/mol. The van der Waals surface area contributed by atoms with Crippen molar-refractivity contribution in [2.45, 2.75) is 167 Å². The van der Waals surface area contributed by atoms with Gasteiger partial charge in [0.05, 0.1) is 0 Å². The Morgan fingerprint density at radius 3 is 1.74 bits per heavy atom. The van der Waals surface area contributed by atoms with Crippen LogP contribution < -0.4 is 0 Å². The van der Waals surface area contributed by atoms with Gasteiger partial charge in [-0.1, -0.05) is 103 Å². The molecule has 38 heavy (non-hydrogen) atoms. The van der Waals surface area contributed by atoms with Crippen LogP contribution in [0.15, 0.2) is 0 Å². The predicted molar refractivity (Wildman–Crippen MR) is 160 cm³/mol. The second kappa shape index (κ2) is 23.8. The first-order valence-electron chi connectivity index (χ1n) is 16.5. The monoisotopic (exact) mass is 537 g/mol. The van der Waals surface area contributed by atoms with Crippen LogP contribution in [0.3, 0.4) is 0 Å². The summed E-state index contributed by atoms with van der Waals surface area (Å²) in [5.41, 5.74) is 0. The highest BCUT2D eigenvalue weighted by Crippen LogP contribution is 2.45. The highest BCUT2D eigenvalue weighted by Gasteiger charge is 2.35. The largest absolute Gasteiger partial charge is 0.481 e. The number of aliphatic carboxylic acids is 1. The third-order valence-corrected chi connectivity index (χ3v) is 8.30. The van der Waals surface area contributed by atoms with Crippen LogP contribution >= 0.6 is 0 Å². The van der Waals surface area contributed by atoms with E-state index in [1.165, 1.54) is 109 Å². The number of carbonyl (C=O) groups excluding carboxylic acids is 1. The zero-order valence-electron chi connectivity index (χ0n) is 25.5. The number of unbranched alkanes of at least 4 members (excludes halogenated alkanes) is 13. The SMILES string of the molecule is CCCCCCCC(CCCCCCCCC1CC1CCCCCCCC(=O)O)OC(=O)CCCN(C)C. The quantitative estimate of drug-likeness (QED) is 0.0796. The summed E-state index contributed by atoms with van der Waals surface area (Å²) in [7, 11) is 4.10. The van der Waals surface area contributed by atoms with Crippen molar-refractivity contribution >= 4 is 11.9 Å². The molecule has 1 saturated carbocycles. The van der Waals surface area contributed by atoms with E-state index >= 15 is 0 Å². The van der Waals surface area contributed by atoms with Gasteiger partial charge < -0.3 is 14.7 Å². The molecule has 224 valence electrons. The molecule has 0 aromatic rings. The Morgan fingerprint density at radius 1 is 0.711 bits per heavy atom. The van der Waals surface area contributed by atoms with E-state index in [-0.39, 0.29) is 12.1 Å². The van der Waals surface area contributed by atoms with E-state index in [0.29, 0.717) is 12.8 Å². The molecule has 5 heteroatoms. The first kappa shape index (κ1) is 34.9. The predicted octanol–water partition coefficient (Wildman–Crippen LogP) is 9.17. The summed E-state index contributed by atoms with van der Waals surface area (Å²) in [6, 6.07) is 0. The minimum Gasteiger partial charge on any atom is -0.481 e. The Labute approximate surface area is 235 Å². The summed E-state index contributed by atoms with van der Waals surface area (Å²) in [6.07, 6.45) is 28.1. The molecule has 0 radical (unpaired) electrons. The van der Waals surface area contributed by atoms with E-state index in [9.17, 15) is 9.59 Å². The van der Waals surface area contributed by atoms with Crippen LogP contribution in [-0.4, -0.2) is 48.7 Å². The lowest BCUT2D eigenvalue weighted by atomic mass is 10.0. The van der Waals surface area contributed by atoms with Gasteiger partial charge >= 0.3 is 11.9 Å². The molecule has 1 aliphatic carbocycles. The molecule has 0 heterocycles. The van der Waals surface area contributed by atoms with Gasteiger partial charge in [0, 0.05) is 12.8 Å². The van der Waals surface area contributed by atoms with Crippen molar-refractivity contribution in [3.63, 3.8) is 0 Å². The maximum absolute atomic E-state index is 12.3. The van der Waals surface area contributed by atoms with Gasteiger partial charge in [0.1, 0.15) is 6.10 Å². The average Bonchev–Trinajstić information content (AvgIpc) is 3.62. The van der Waals surface area contributed by atoms with Gasteiger partial charge in [-0.25, -0.2) is 0 Å².